The number of alkyl halides is 3. The molecular formula is C17H16F3N3O3. The van der Waals surface area contributed by atoms with Gasteiger partial charge in [0.15, 0.2) is 0 Å². The summed E-state index contributed by atoms with van der Waals surface area (Å²) in [7, 11) is 1.29. The molecule has 3 rings (SSSR count). The van der Waals surface area contributed by atoms with Crippen LogP contribution >= 0.6 is 0 Å². The topological polar surface area (TPSA) is 64.5 Å². The number of ether oxygens (including phenoxy) is 2. The van der Waals surface area contributed by atoms with E-state index in [0.29, 0.717) is 24.5 Å². The van der Waals surface area contributed by atoms with E-state index in [2.05, 4.69) is 9.97 Å². The third-order valence-electron chi connectivity index (χ3n) is 3.86. The van der Waals surface area contributed by atoms with Gasteiger partial charge in [-0.25, -0.2) is 14.8 Å². The minimum absolute atomic E-state index is 0.0884. The molecule has 9 heteroatoms. The summed E-state index contributed by atoms with van der Waals surface area (Å²) in [4.78, 5) is 21.4. The van der Waals surface area contributed by atoms with Crippen LogP contribution in [0.25, 0.3) is 0 Å². The van der Waals surface area contributed by atoms with Gasteiger partial charge >= 0.3 is 12.1 Å². The maximum absolute atomic E-state index is 12.7. The van der Waals surface area contributed by atoms with Crippen LogP contribution in [0.5, 0.6) is 5.88 Å². The lowest BCUT2D eigenvalue weighted by molar-refractivity contribution is -0.141. The molecule has 1 aliphatic heterocycles. The van der Waals surface area contributed by atoms with E-state index in [4.69, 9.17) is 9.47 Å². The number of rotatable bonds is 4. The maximum Gasteiger partial charge on any atom is 0.433 e. The molecular weight excluding hydrogens is 351 g/mol. The van der Waals surface area contributed by atoms with Crippen LogP contribution in [0.1, 0.15) is 21.6 Å². The number of nitrogens with zero attached hydrogens (tertiary/aromatic N) is 3. The number of aryl methyl sites for hydroxylation is 1. The van der Waals surface area contributed by atoms with Crippen LogP contribution in [0.3, 0.4) is 0 Å². The Kier molecular flexibility index (Phi) is 4.71. The minimum atomic E-state index is -4.52. The highest BCUT2D eigenvalue weighted by atomic mass is 19.4. The summed E-state index contributed by atoms with van der Waals surface area (Å²) in [5, 5.41) is 0. The van der Waals surface area contributed by atoms with Gasteiger partial charge in [-0.1, -0.05) is 6.07 Å². The molecule has 0 saturated carbocycles. The highest BCUT2D eigenvalue weighted by Gasteiger charge is 2.35. The third-order valence-corrected chi connectivity index (χ3v) is 3.86. The van der Waals surface area contributed by atoms with E-state index >= 15 is 0 Å². The van der Waals surface area contributed by atoms with Crippen LogP contribution in [0, 0.1) is 6.92 Å². The van der Waals surface area contributed by atoms with Crippen molar-refractivity contribution in [3.63, 3.8) is 0 Å². The molecule has 0 bridgehead atoms. The molecule has 0 N–H and O–H groups in total. The molecule has 0 atom stereocenters. The molecule has 138 valence electrons. The fraction of sp³-hybridized carbons (Fsp3) is 0.353. The van der Waals surface area contributed by atoms with Crippen molar-refractivity contribution in [2.45, 2.75) is 19.2 Å². The number of hydrogen-bond acceptors (Lipinski definition) is 6. The molecule has 2 aromatic rings. The summed E-state index contributed by atoms with van der Waals surface area (Å²) < 4.78 is 48.3. The summed E-state index contributed by atoms with van der Waals surface area (Å²) in [6.07, 6.45) is -3.24. The van der Waals surface area contributed by atoms with Crippen LogP contribution in [-0.2, 0) is 10.9 Å². The molecule has 0 unspecified atom stereocenters. The van der Waals surface area contributed by atoms with Crippen molar-refractivity contribution < 1.29 is 27.4 Å². The molecule has 3 heterocycles. The lowest BCUT2D eigenvalue weighted by atomic mass is 10.1. The second-order valence-electron chi connectivity index (χ2n) is 5.88. The number of pyridine rings is 2. The predicted octanol–water partition coefficient (Wildman–Crippen LogP) is 2.86. The lowest BCUT2D eigenvalue weighted by Crippen LogP contribution is -2.54. The number of carbonyl (C=O) groups is 1. The van der Waals surface area contributed by atoms with E-state index in [1.165, 1.54) is 19.2 Å². The first-order valence-corrected chi connectivity index (χ1v) is 7.78. The zero-order valence-electron chi connectivity index (χ0n) is 14.1. The summed E-state index contributed by atoms with van der Waals surface area (Å²) in [6.45, 7) is 2.56. The number of methoxy groups -OCH3 is 1. The Labute approximate surface area is 147 Å². The largest absolute Gasteiger partial charge is 0.471 e. The standard InChI is InChI=1S/C17H16F3N3O3/c1-10-6-12(16(24)25-2)15(21-7-10)23-8-11(9-23)26-14-5-3-4-13(22-14)17(18,19)20/h3-7,11H,8-9H2,1-2H3. The van der Waals surface area contributed by atoms with Gasteiger partial charge in [0, 0.05) is 12.3 Å². The van der Waals surface area contributed by atoms with Gasteiger partial charge in [0.2, 0.25) is 5.88 Å². The van der Waals surface area contributed by atoms with Gasteiger partial charge in [-0.15, -0.1) is 0 Å². The fourth-order valence-corrected chi connectivity index (χ4v) is 2.57. The Bertz CT molecular complexity index is 820. The van der Waals surface area contributed by atoms with E-state index in [1.54, 1.807) is 17.2 Å². The molecule has 0 amide bonds. The normalized spacial score (nSPS) is 14.7. The SMILES string of the molecule is COC(=O)c1cc(C)cnc1N1CC(Oc2cccc(C(F)(F)F)n2)C1. The van der Waals surface area contributed by atoms with Crippen molar-refractivity contribution in [2.24, 2.45) is 0 Å². The fourth-order valence-electron chi connectivity index (χ4n) is 2.57. The van der Waals surface area contributed by atoms with E-state index in [9.17, 15) is 18.0 Å². The number of aromatic nitrogens is 2. The van der Waals surface area contributed by atoms with Crippen molar-refractivity contribution in [1.82, 2.24) is 9.97 Å². The molecule has 1 fully saturated rings. The van der Waals surface area contributed by atoms with Crippen molar-refractivity contribution in [3.8, 4) is 5.88 Å². The molecule has 6 nitrogen and oxygen atoms in total. The van der Waals surface area contributed by atoms with Gasteiger partial charge < -0.3 is 14.4 Å². The number of anilines is 1. The summed E-state index contributed by atoms with van der Waals surface area (Å²) >= 11 is 0. The van der Waals surface area contributed by atoms with Crippen molar-refractivity contribution in [1.29, 1.82) is 0 Å². The molecule has 2 aromatic heterocycles. The van der Waals surface area contributed by atoms with Gasteiger partial charge in [0.1, 0.15) is 23.2 Å². The van der Waals surface area contributed by atoms with Crippen molar-refractivity contribution in [3.05, 3.63) is 47.3 Å². The smallest absolute Gasteiger partial charge is 0.433 e. The number of halogens is 3. The van der Waals surface area contributed by atoms with E-state index in [1.807, 2.05) is 6.92 Å². The zero-order valence-corrected chi connectivity index (χ0v) is 14.1. The number of esters is 1. The highest BCUT2D eigenvalue weighted by molar-refractivity contribution is 5.95. The van der Waals surface area contributed by atoms with Gasteiger partial charge in [0.05, 0.1) is 20.2 Å². The Hall–Kier alpha value is -2.84. The molecule has 0 aliphatic carbocycles. The quantitative estimate of drug-likeness (QED) is 0.775. The van der Waals surface area contributed by atoms with Crippen molar-refractivity contribution >= 4 is 11.8 Å². The van der Waals surface area contributed by atoms with E-state index in [-0.39, 0.29) is 12.0 Å². The summed E-state index contributed by atoms with van der Waals surface area (Å²) in [5.41, 5.74) is 0.151. The van der Waals surface area contributed by atoms with Gasteiger partial charge in [-0.2, -0.15) is 13.2 Å². The zero-order chi connectivity index (χ0) is 18.9. The Morgan fingerprint density at radius 1 is 1.31 bits per heavy atom. The molecule has 26 heavy (non-hydrogen) atoms. The minimum Gasteiger partial charge on any atom is -0.471 e. The molecule has 1 aliphatic rings. The van der Waals surface area contributed by atoms with Gasteiger partial charge in [-0.05, 0) is 24.6 Å². The maximum atomic E-state index is 12.7. The summed E-state index contributed by atoms with van der Waals surface area (Å²) in [5.74, 6) is -0.131. The number of hydrogen-bond donors (Lipinski definition) is 0. The first kappa shape index (κ1) is 18.0. The Morgan fingerprint density at radius 3 is 2.69 bits per heavy atom. The molecule has 1 saturated heterocycles. The number of carbonyl (C=O) groups excluding carboxylic acids is 1. The Balaban J connectivity index is 1.68. The molecule has 0 spiro atoms. The molecule has 0 radical (unpaired) electrons. The van der Waals surface area contributed by atoms with Crippen LogP contribution < -0.4 is 9.64 Å². The second-order valence-corrected chi connectivity index (χ2v) is 5.88. The third kappa shape index (κ3) is 3.71. The second kappa shape index (κ2) is 6.81. The summed E-state index contributed by atoms with van der Waals surface area (Å²) in [6, 6.07) is 5.19. The molecule has 0 aromatic carbocycles. The first-order chi connectivity index (χ1) is 12.3. The average molecular weight is 367 g/mol. The predicted molar refractivity (Wildman–Crippen MR) is 86.2 cm³/mol. The van der Waals surface area contributed by atoms with E-state index < -0.39 is 17.8 Å². The highest BCUT2D eigenvalue weighted by Crippen LogP contribution is 2.30. The van der Waals surface area contributed by atoms with Crippen LogP contribution in [0.2, 0.25) is 0 Å². The van der Waals surface area contributed by atoms with Gasteiger partial charge in [-0.3, -0.25) is 0 Å². The van der Waals surface area contributed by atoms with Crippen LogP contribution in [-0.4, -0.2) is 42.2 Å². The van der Waals surface area contributed by atoms with Crippen LogP contribution in [0.15, 0.2) is 30.5 Å². The lowest BCUT2D eigenvalue weighted by Gasteiger charge is -2.40. The van der Waals surface area contributed by atoms with E-state index in [0.717, 1.165) is 11.6 Å². The Morgan fingerprint density at radius 2 is 2.04 bits per heavy atom. The first-order valence-electron chi connectivity index (χ1n) is 7.78. The monoisotopic (exact) mass is 367 g/mol. The van der Waals surface area contributed by atoms with Gasteiger partial charge in [0.25, 0.3) is 0 Å². The van der Waals surface area contributed by atoms with Crippen molar-refractivity contribution in [2.75, 3.05) is 25.1 Å². The van der Waals surface area contributed by atoms with Crippen LogP contribution in [0.4, 0.5) is 19.0 Å². The average Bonchev–Trinajstić information content (AvgIpc) is 2.57.